The SMILES string of the molecule is [N-]=[N+]=NC1=CC(=O)NC1=O. The van der Waals surface area contributed by atoms with Crippen LogP contribution in [-0.2, 0) is 9.59 Å². The summed E-state index contributed by atoms with van der Waals surface area (Å²) in [5.41, 5.74) is 7.67. The molecule has 0 radical (unpaired) electrons. The summed E-state index contributed by atoms with van der Waals surface area (Å²) in [6, 6.07) is 0. The van der Waals surface area contributed by atoms with E-state index >= 15 is 0 Å². The van der Waals surface area contributed by atoms with Crippen molar-refractivity contribution in [2.45, 2.75) is 0 Å². The van der Waals surface area contributed by atoms with Gasteiger partial charge in [0, 0.05) is 11.0 Å². The molecule has 1 rings (SSSR count). The second-order valence-corrected chi connectivity index (χ2v) is 1.54. The summed E-state index contributed by atoms with van der Waals surface area (Å²) in [7, 11) is 0. The second-order valence-electron chi connectivity index (χ2n) is 1.54. The van der Waals surface area contributed by atoms with E-state index in [1.54, 1.807) is 0 Å². The molecule has 0 atom stereocenters. The van der Waals surface area contributed by atoms with Crippen molar-refractivity contribution in [1.29, 1.82) is 0 Å². The van der Waals surface area contributed by atoms with Gasteiger partial charge in [0.1, 0.15) is 5.70 Å². The number of hydrogen-bond acceptors (Lipinski definition) is 3. The number of nitrogens with one attached hydrogen (secondary N) is 1. The molecule has 0 spiro atoms. The van der Waals surface area contributed by atoms with Gasteiger partial charge in [-0.15, -0.1) is 0 Å². The number of amides is 2. The van der Waals surface area contributed by atoms with Gasteiger partial charge < -0.3 is 0 Å². The number of carbonyl (C=O) groups excluding carboxylic acids is 2. The van der Waals surface area contributed by atoms with Crippen molar-refractivity contribution in [2.24, 2.45) is 5.11 Å². The molecular formula is C4H2N4O2. The predicted octanol–water partition coefficient (Wildman–Crippen LogP) is -0.163. The lowest BCUT2D eigenvalue weighted by Gasteiger charge is -1.84. The minimum Gasteiger partial charge on any atom is -0.289 e. The van der Waals surface area contributed by atoms with Gasteiger partial charge in [0.15, 0.2) is 0 Å². The van der Waals surface area contributed by atoms with Gasteiger partial charge in [-0.05, 0) is 5.53 Å². The number of azide groups is 1. The van der Waals surface area contributed by atoms with Gasteiger partial charge >= 0.3 is 0 Å². The fraction of sp³-hybridized carbons (Fsp3) is 0. The maximum absolute atomic E-state index is 10.5. The predicted molar refractivity (Wildman–Crippen MR) is 30.4 cm³/mol. The van der Waals surface area contributed by atoms with E-state index in [-0.39, 0.29) is 5.70 Å². The number of carbonyl (C=O) groups is 2. The largest absolute Gasteiger partial charge is 0.289 e. The highest BCUT2D eigenvalue weighted by atomic mass is 16.2. The number of imide groups is 1. The van der Waals surface area contributed by atoms with Gasteiger partial charge in [-0.1, -0.05) is 5.11 Å². The number of nitrogens with zero attached hydrogens (tertiary/aromatic N) is 3. The van der Waals surface area contributed by atoms with E-state index in [0.29, 0.717) is 0 Å². The first-order valence-electron chi connectivity index (χ1n) is 2.36. The van der Waals surface area contributed by atoms with Crippen LogP contribution in [0.25, 0.3) is 10.4 Å². The Morgan fingerprint density at radius 3 is 2.70 bits per heavy atom. The Bertz CT molecular complexity index is 273. The zero-order valence-corrected chi connectivity index (χ0v) is 4.74. The molecule has 0 aromatic heterocycles. The Balaban J connectivity index is 2.95. The van der Waals surface area contributed by atoms with Crippen LogP contribution in [0.3, 0.4) is 0 Å². The van der Waals surface area contributed by atoms with Gasteiger partial charge in [-0.25, -0.2) is 0 Å². The zero-order valence-electron chi connectivity index (χ0n) is 4.74. The van der Waals surface area contributed by atoms with Gasteiger partial charge in [0.2, 0.25) is 0 Å². The van der Waals surface area contributed by atoms with E-state index in [4.69, 9.17) is 5.53 Å². The van der Waals surface area contributed by atoms with Crippen LogP contribution in [0.2, 0.25) is 0 Å². The highest BCUT2D eigenvalue weighted by Gasteiger charge is 2.18. The van der Waals surface area contributed by atoms with Crippen LogP contribution in [0.4, 0.5) is 0 Å². The van der Waals surface area contributed by atoms with Crippen molar-refractivity contribution in [3.05, 3.63) is 22.2 Å². The Morgan fingerprint density at radius 2 is 2.30 bits per heavy atom. The molecule has 0 aromatic carbocycles. The summed E-state index contributed by atoms with van der Waals surface area (Å²) in [6.07, 6.45) is 0.946. The maximum Gasteiger partial charge on any atom is 0.260 e. The van der Waals surface area contributed by atoms with Gasteiger partial charge in [-0.2, -0.15) is 0 Å². The van der Waals surface area contributed by atoms with Crippen molar-refractivity contribution in [1.82, 2.24) is 5.32 Å². The van der Waals surface area contributed by atoms with E-state index in [0.717, 1.165) is 6.08 Å². The number of rotatable bonds is 1. The molecule has 1 heterocycles. The smallest absolute Gasteiger partial charge is 0.260 e. The Hall–Kier alpha value is -1.81. The molecule has 2 amide bonds. The normalized spacial score (nSPS) is 15.8. The lowest BCUT2D eigenvalue weighted by atomic mass is 10.5. The van der Waals surface area contributed by atoms with E-state index < -0.39 is 11.8 Å². The summed E-state index contributed by atoms with van der Waals surface area (Å²) >= 11 is 0. The molecule has 1 aliphatic rings. The molecule has 1 aliphatic heterocycles. The molecule has 6 nitrogen and oxygen atoms in total. The van der Waals surface area contributed by atoms with E-state index in [2.05, 4.69) is 10.0 Å². The van der Waals surface area contributed by atoms with Gasteiger partial charge in [0.25, 0.3) is 11.8 Å². The highest BCUT2D eigenvalue weighted by molar-refractivity contribution is 6.15. The van der Waals surface area contributed by atoms with Crippen LogP contribution < -0.4 is 5.32 Å². The maximum atomic E-state index is 10.5. The second kappa shape index (κ2) is 2.20. The molecular weight excluding hydrogens is 136 g/mol. The monoisotopic (exact) mass is 138 g/mol. The van der Waals surface area contributed by atoms with E-state index in [9.17, 15) is 9.59 Å². The lowest BCUT2D eigenvalue weighted by molar-refractivity contribution is -0.123. The summed E-state index contributed by atoms with van der Waals surface area (Å²) in [4.78, 5) is 23.2. The van der Waals surface area contributed by atoms with Crippen LogP contribution in [0.15, 0.2) is 16.9 Å². The van der Waals surface area contributed by atoms with Crippen molar-refractivity contribution in [3.63, 3.8) is 0 Å². The van der Waals surface area contributed by atoms with Crippen molar-refractivity contribution in [3.8, 4) is 0 Å². The van der Waals surface area contributed by atoms with Crippen molar-refractivity contribution < 1.29 is 9.59 Å². The first-order valence-corrected chi connectivity index (χ1v) is 2.36. The standard InChI is InChI=1S/C4H2N4O2/c5-8-7-2-1-3(9)6-4(2)10/h1H,(H,6,9,10). The molecule has 0 aliphatic carbocycles. The molecule has 0 saturated heterocycles. The Labute approximate surface area is 55.1 Å². The topological polar surface area (TPSA) is 94.9 Å². The van der Waals surface area contributed by atoms with Crippen molar-refractivity contribution >= 4 is 11.8 Å². The Kier molecular flexibility index (Phi) is 1.39. The third kappa shape index (κ3) is 0.958. The fourth-order valence-corrected chi connectivity index (χ4v) is 0.524. The minimum atomic E-state index is -0.650. The van der Waals surface area contributed by atoms with Crippen molar-refractivity contribution in [2.75, 3.05) is 0 Å². The Morgan fingerprint density at radius 1 is 1.60 bits per heavy atom. The molecule has 0 unspecified atom stereocenters. The van der Waals surface area contributed by atoms with Gasteiger partial charge in [0.05, 0.1) is 0 Å². The van der Waals surface area contributed by atoms with E-state index in [1.165, 1.54) is 0 Å². The first kappa shape index (κ1) is 6.31. The zero-order chi connectivity index (χ0) is 7.56. The third-order valence-corrected chi connectivity index (χ3v) is 0.890. The van der Waals surface area contributed by atoms with Crippen LogP contribution in [0.1, 0.15) is 0 Å². The molecule has 10 heavy (non-hydrogen) atoms. The lowest BCUT2D eigenvalue weighted by Crippen LogP contribution is -2.21. The molecule has 0 saturated carbocycles. The molecule has 1 N–H and O–H groups in total. The molecule has 0 fully saturated rings. The molecule has 0 bridgehead atoms. The van der Waals surface area contributed by atoms with Crippen LogP contribution in [0, 0.1) is 0 Å². The third-order valence-electron chi connectivity index (χ3n) is 0.890. The average Bonchev–Trinajstić information content (AvgIpc) is 2.13. The first-order chi connectivity index (χ1) is 4.74. The van der Waals surface area contributed by atoms with Crippen LogP contribution in [-0.4, -0.2) is 11.8 Å². The van der Waals surface area contributed by atoms with Gasteiger partial charge in [-0.3, -0.25) is 14.9 Å². The summed E-state index contributed by atoms with van der Waals surface area (Å²) in [5, 5.41) is 4.88. The minimum absolute atomic E-state index is 0.187. The van der Waals surface area contributed by atoms with E-state index in [1.807, 2.05) is 5.32 Å². The van der Waals surface area contributed by atoms with Crippen LogP contribution >= 0.6 is 0 Å². The van der Waals surface area contributed by atoms with Crippen LogP contribution in [0.5, 0.6) is 0 Å². The summed E-state index contributed by atoms with van der Waals surface area (Å²) in [5.74, 6) is -1.20. The molecule has 0 aromatic rings. The summed E-state index contributed by atoms with van der Waals surface area (Å²) in [6.45, 7) is 0. The number of hydrogen-bond donors (Lipinski definition) is 1. The fourth-order valence-electron chi connectivity index (χ4n) is 0.524. The molecule has 50 valence electrons. The highest BCUT2D eigenvalue weighted by Crippen LogP contribution is 2.02. The molecule has 6 heteroatoms. The summed E-state index contributed by atoms with van der Waals surface area (Å²) < 4.78 is 0. The average molecular weight is 138 g/mol. The quantitative estimate of drug-likeness (QED) is 0.236.